The van der Waals surface area contributed by atoms with E-state index in [2.05, 4.69) is 43.2 Å². The zero-order valence-corrected chi connectivity index (χ0v) is 18.7. The molecule has 3 heteroatoms. The van der Waals surface area contributed by atoms with Crippen molar-refractivity contribution in [2.24, 2.45) is 29.1 Å². The zero-order chi connectivity index (χ0) is 20.7. The van der Waals surface area contributed by atoms with Crippen molar-refractivity contribution in [3.8, 4) is 0 Å². The number of hydrogen-bond acceptors (Lipinski definition) is 2. The molecule has 0 bridgehead atoms. The van der Waals surface area contributed by atoms with Crippen LogP contribution in [0.4, 0.5) is 0 Å². The molecule has 4 aliphatic carbocycles. The van der Waals surface area contributed by atoms with Crippen molar-refractivity contribution < 1.29 is 9.53 Å². The molecule has 0 saturated heterocycles. The van der Waals surface area contributed by atoms with E-state index in [9.17, 15) is 4.79 Å². The summed E-state index contributed by atoms with van der Waals surface area (Å²) in [6, 6.07) is 7.00. The summed E-state index contributed by atoms with van der Waals surface area (Å²) >= 11 is 0. The van der Waals surface area contributed by atoms with E-state index >= 15 is 0 Å². The standard InChI is InChI=1S/C27H35NO2/c1-16(29)30-19-8-11-26(2)18(14-19)5-6-20-23(26)9-12-27(3)22-7-4-17-10-13-28-25(17)21(22)15-24(20)27/h4,7,10,13,18-20,23-24,28H,5-6,8-9,11-12,14-15H2,1-3H3/t18-,19-,20+,23-,24-,26-,27+/m0/s1. The quantitative estimate of drug-likeness (QED) is 0.578. The Morgan fingerprint density at radius 3 is 2.77 bits per heavy atom. The van der Waals surface area contributed by atoms with E-state index in [4.69, 9.17) is 4.74 Å². The van der Waals surface area contributed by atoms with Crippen LogP contribution in [0.3, 0.4) is 0 Å². The third-order valence-electron chi connectivity index (χ3n) is 10.2. The number of rotatable bonds is 1. The van der Waals surface area contributed by atoms with Crippen LogP contribution in [0.15, 0.2) is 24.4 Å². The van der Waals surface area contributed by atoms with Crippen LogP contribution >= 0.6 is 0 Å². The molecule has 0 spiro atoms. The maximum absolute atomic E-state index is 11.5. The van der Waals surface area contributed by atoms with E-state index in [0.29, 0.717) is 10.8 Å². The van der Waals surface area contributed by atoms with Crippen LogP contribution in [0, 0.1) is 29.1 Å². The van der Waals surface area contributed by atoms with Gasteiger partial charge in [-0.05, 0) is 108 Å². The molecule has 30 heavy (non-hydrogen) atoms. The number of ether oxygens (including phenoxy) is 1. The molecule has 3 nitrogen and oxygen atoms in total. The van der Waals surface area contributed by atoms with Gasteiger partial charge in [-0.25, -0.2) is 0 Å². The molecule has 6 rings (SSSR count). The average molecular weight is 406 g/mol. The van der Waals surface area contributed by atoms with Gasteiger partial charge in [-0.1, -0.05) is 26.0 Å². The maximum Gasteiger partial charge on any atom is 0.302 e. The van der Waals surface area contributed by atoms with E-state index in [1.165, 1.54) is 49.4 Å². The number of esters is 1. The average Bonchev–Trinajstić information content (AvgIpc) is 3.30. The lowest BCUT2D eigenvalue weighted by atomic mass is 9.45. The Bertz CT molecular complexity index is 1010. The molecule has 160 valence electrons. The van der Waals surface area contributed by atoms with Gasteiger partial charge < -0.3 is 9.72 Å². The Morgan fingerprint density at radius 2 is 1.93 bits per heavy atom. The van der Waals surface area contributed by atoms with E-state index in [1.807, 2.05) is 0 Å². The van der Waals surface area contributed by atoms with Gasteiger partial charge in [-0.15, -0.1) is 0 Å². The van der Waals surface area contributed by atoms with Crippen molar-refractivity contribution in [2.75, 3.05) is 0 Å². The van der Waals surface area contributed by atoms with Crippen molar-refractivity contribution >= 4 is 16.9 Å². The fourth-order valence-electron chi connectivity index (χ4n) is 8.75. The summed E-state index contributed by atoms with van der Waals surface area (Å²) in [6.45, 7) is 6.72. The first-order valence-corrected chi connectivity index (χ1v) is 12.2. The third-order valence-corrected chi connectivity index (χ3v) is 10.2. The Kier molecular flexibility index (Phi) is 4.03. The van der Waals surface area contributed by atoms with Gasteiger partial charge >= 0.3 is 5.97 Å². The smallest absolute Gasteiger partial charge is 0.302 e. The number of carbonyl (C=O) groups excluding carboxylic acids is 1. The molecular weight excluding hydrogens is 370 g/mol. The highest BCUT2D eigenvalue weighted by Crippen LogP contribution is 2.66. The number of aromatic nitrogens is 1. The van der Waals surface area contributed by atoms with Crippen LogP contribution in [0.2, 0.25) is 0 Å². The highest BCUT2D eigenvalue weighted by atomic mass is 16.5. The van der Waals surface area contributed by atoms with Crippen LogP contribution in [0.1, 0.15) is 76.8 Å². The molecule has 1 heterocycles. The molecule has 7 atom stereocenters. The van der Waals surface area contributed by atoms with E-state index in [-0.39, 0.29) is 12.1 Å². The molecular formula is C27H35NO2. The van der Waals surface area contributed by atoms with Gasteiger partial charge in [0.15, 0.2) is 0 Å². The second kappa shape index (κ2) is 6.37. The number of benzene rings is 1. The van der Waals surface area contributed by atoms with Gasteiger partial charge in [-0.3, -0.25) is 4.79 Å². The molecule has 0 aliphatic heterocycles. The molecule has 1 aromatic carbocycles. The van der Waals surface area contributed by atoms with Gasteiger partial charge in [0.05, 0.1) is 0 Å². The first kappa shape index (κ1) is 19.0. The molecule has 3 fully saturated rings. The highest BCUT2D eigenvalue weighted by molar-refractivity contribution is 5.85. The number of nitrogens with one attached hydrogen (secondary N) is 1. The number of aromatic amines is 1. The Hall–Kier alpha value is -1.77. The highest BCUT2D eigenvalue weighted by Gasteiger charge is 2.59. The third kappa shape index (κ3) is 2.47. The summed E-state index contributed by atoms with van der Waals surface area (Å²) in [4.78, 5) is 15.0. The van der Waals surface area contributed by atoms with E-state index in [0.717, 1.165) is 36.5 Å². The minimum Gasteiger partial charge on any atom is -0.463 e. The number of fused-ring (bicyclic) bond motifs is 9. The van der Waals surface area contributed by atoms with Crippen molar-refractivity contribution in [1.82, 2.24) is 4.98 Å². The molecule has 1 N–H and O–H groups in total. The number of H-pyrrole nitrogens is 1. The molecule has 2 aromatic rings. The summed E-state index contributed by atoms with van der Waals surface area (Å²) in [5.74, 6) is 3.07. The Labute approximate surface area is 180 Å². The van der Waals surface area contributed by atoms with Gasteiger partial charge in [0.1, 0.15) is 6.10 Å². The molecule has 0 radical (unpaired) electrons. The topological polar surface area (TPSA) is 42.1 Å². The van der Waals surface area contributed by atoms with Gasteiger partial charge in [0.25, 0.3) is 0 Å². The van der Waals surface area contributed by atoms with Gasteiger partial charge in [0, 0.05) is 18.6 Å². The van der Waals surface area contributed by atoms with Crippen molar-refractivity contribution in [2.45, 2.75) is 83.7 Å². The summed E-state index contributed by atoms with van der Waals surface area (Å²) in [5, 5.41) is 1.37. The Balaban J connectivity index is 1.31. The van der Waals surface area contributed by atoms with Crippen LogP contribution in [-0.4, -0.2) is 17.1 Å². The molecule has 1 aromatic heterocycles. The van der Waals surface area contributed by atoms with Crippen LogP contribution in [-0.2, 0) is 21.4 Å². The first-order chi connectivity index (χ1) is 14.4. The normalized spacial score (nSPS) is 42.2. The second-order valence-corrected chi connectivity index (χ2v) is 11.4. The fourth-order valence-corrected chi connectivity index (χ4v) is 8.75. The molecule has 4 aliphatic rings. The minimum atomic E-state index is -0.106. The first-order valence-electron chi connectivity index (χ1n) is 12.2. The Morgan fingerprint density at radius 1 is 1.07 bits per heavy atom. The number of carbonyl (C=O) groups is 1. The SMILES string of the molecule is CC(=O)O[C@H]1CC[C@@]2(C)[C@@H](CC[C@@H]3[C@@H]2CC[C@]2(C)c4ccc5cc[nH]c5c4C[C@@H]32)C1. The fraction of sp³-hybridized carbons (Fsp3) is 0.667. The lowest BCUT2D eigenvalue weighted by Crippen LogP contribution is -2.54. The van der Waals surface area contributed by atoms with E-state index in [1.54, 1.807) is 18.1 Å². The molecule has 3 saturated carbocycles. The lowest BCUT2D eigenvalue weighted by molar-refractivity contribution is -0.157. The van der Waals surface area contributed by atoms with Crippen LogP contribution in [0.5, 0.6) is 0 Å². The predicted octanol–water partition coefficient (Wildman–Crippen LogP) is 6.16. The lowest BCUT2D eigenvalue weighted by Gasteiger charge is -2.60. The molecule has 0 amide bonds. The maximum atomic E-state index is 11.5. The van der Waals surface area contributed by atoms with Crippen LogP contribution < -0.4 is 0 Å². The number of hydrogen-bond donors (Lipinski definition) is 1. The van der Waals surface area contributed by atoms with E-state index < -0.39 is 0 Å². The zero-order valence-electron chi connectivity index (χ0n) is 18.7. The monoisotopic (exact) mass is 405 g/mol. The van der Waals surface area contributed by atoms with Crippen molar-refractivity contribution in [3.05, 3.63) is 35.5 Å². The summed E-state index contributed by atoms with van der Waals surface area (Å²) < 4.78 is 5.64. The second-order valence-electron chi connectivity index (χ2n) is 11.4. The van der Waals surface area contributed by atoms with Crippen LogP contribution in [0.25, 0.3) is 10.9 Å². The van der Waals surface area contributed by atoms with Gasteiger partial charge in [-0.2, -0.15) is 0 Å². The minimum absolute atomic E-state index is 0.106. The summed E-state index contributed by atoms with van der Waals surface area (Å²) in [5.41, 5.74) is 5.40. The predicted molar refractivity (Wildman–Crippen MR) is 119 cm³/mol. The summed E-state index contributed by atoms with van der Waals surface area (Å²) in [6.07, 6.45) is 12.3. The van der Waals surface area contributed by atoms with Crippen molar-refractivity contribution in [3.63, 3.8) is 0 Å². The molecule has 0 unspecified atom stereocenters. The largest absolute Gasteiger partial charge is 0.463 e. The van der Waals surface area contributed by atoms with Crippen molar-refractivity contribution in [1.29, 1.82) is 0 Å². The van der Waals surface area contributed by atoms with Gasteiger partial charge in [0.2, 0.25) is 0 Å². The summed E-state index contributed by atoms with van der Waals surface area (Å²) in [7, 11) is 0.